The van der Waals surface area contributed by atoms with Gasteiger partial charge in [0.05, 0.1) is 17.7 Å². The van der Waals surface area contributed by atoms with Crippen molar-refractivity contribution in [2.45, 2.75) is 26.4 Å². The van der Waals surface area contributed by atoms with Crippen molar-refractivity contribution in [1.82, 2.24) is 4.90 Å². The minimum absolute atomic E-state index is 0.269. The summed E-state index contributed by atoms with van der Waals surface area (Å²) in [7, 11) is 0. The molecule has 0 bridgehead atoms. The Kier molecular flexibility index (Phi) is 7.63. The maximum atomic E-state index is 13.4. The lowest BCUT2D eigenvalue weighted by Crippen LogP contribution is -2.29. The minimum Gasteiger partial charge on any atom is -0.462 e. The molecular formula is C30H28N2O4S. The van der Waals surface area contributed by atoms with Gasteiger partial charge in [0.1, 0.15) is 16.5 Å². The van der Waals surface area contributed by atoms with E-state index in [0.29, 0.717) is 34.2 Å². The number of ether oxygens (including phenoxy) is 2. The Balaban J connectivity index is 1.40. The quantitative estimate of drug-likeness (QED) is 0.272. The molecule has 188 valence electrons. The summed E-state index contributed by atoms with van der Waals surface area (Å²) in [5.74, 6) is 0.344. The van der Waals surface area contributed by atoms with Gasteiger partial charge in [-0.05, 0) is 48.7 Å². The number of hydrogen-bond acceptors (Lipinski definition) is 6. The number of thiophene rings is 1. The number of fused-ring (bicyclic) bond motifs is 1. The molecule has 1 aliphatic rings. The number of esters is 1. The van der Waals surface area contributed by atoms with Gasteiger partial charge in [0.15, 0.2) is 0 Å². The molecule has 5 rings (SSSR count). The third-order valence-electron chi connectivity index (χ3n) is 6.19. The largest absolute Gasteiger partial charge is 0.462 e. The molecule has 1 aliphatic heterocycles. The number of carbonyl (C=O) groups excluding carboxylic acids is 2. The van der Waals surface area contributed by atoms with Gasteiger partial charge in [-0.2, -0.15) is 0 Å². The lowest BCUT2D eigenvalue weighted by atomic mass is 10.0. The molecule has 0 fully saturated rings. The van der Waals surface area contributed by atoms with Gasteiger partial charge >= 0.3 is 5.97 Å². The molecule has 37 heavy (non-hydrogen) atoms. The molecule has 1 amide bonds. The van der Waals surface area contributed by atoms with E-state index in [9.17, 15) is 9.59 Å². The van der Waals surface area contributed by atoms with Crippen molar-refractivity contribution in [3.63, 3.8) is 0 Å². The molecule has 0 radical (unpaired) electrons. The third-order valence-corrected chi connectivity index (χ3v) is 7.33. The molecule has 2 heterocycles. The van der Waals surface area contributed by atoms with Crippen LogP contribution in [0, 0.1) is 0 Å². The van der Waals surface area contributed by atoms with Crippen molar-refractivity contribution in [3.05, 3.63) is 112 Å². The average Bonchev–Trinajstić information content (AvgIpc) is 3.27. The first-order valence-electron chi connectivity index (χ1n) is 12.3. The molecule has 0 unspecified atom stereocenters. The van der Waals surface area contributed by atoms with E-state index < -0.39 is 5.97 Å². The smallest absolute Gasteiger partial charge is 0.341 e. The first-order valence-corrected chi connectivity index (χ1v) is 13.1. The molecule has 0 aliphatic carbocycles. The summed E-state index contributed by atoms with van der Waals surface area (Å²) in [5.41, 5.74) is 3.07. The van der Waals surface area contributed by atoms with Crippen LogP contribution in [0.1, 0.15) is 43.6 Å². The summed E-state index contributed by atoms with van der Waals surface area (Å²) in [6.07, 6.45) is 0.719. The molecule has 1 N–H and O–H groups in total. The summed E-state index contributed by atoms with van der Waals surface area (Å²) >= 11 is 1.45. The lowest BCUT2D eigenvalue weighted by molar-refractivity contribution is 0.0526. The van der Waals surface area contributed by atoms with Gasteiger partial charge in [0.2, 0.25) is 0 Å². The molecule has 0 saturated heterocycles. The molecule has 7 heteroatoms. The van der Waals surface area contributed by atoms with Gasteiger partial charge in [0, 0.05) is 24.5 Å². The van der Waals surface area contributed by atoms with Crippen LogP contribution in [0.25, 0.3) is 0 Å². The number of anilines is 1. The van der Waals surface area contributed by atoms with Crippen LogP contribution >= 0.6 is 11.3 Å². The van der Waals surface area contributed by atoms with E-state index >= 15 is 0 Å². The zero-order valence-electron chi connectivity index (χ0n) is 20.6. The number of para-hydroxylation sites is 2. The summed E-state index contributed by atoms with van der Waals surface area (Å²) in [6.45, 7) is 4.42. The molecule has 0 spiro atoms. The van der Waals surface area contributed by atoms with Gasteiger partial charge in [-0.3, -0.25) is 9.69 Å². The standard InChI is InChI=1S/C30H28N2O4S/c1-2-35-30(34)27-24-17-18-32(19-21-11-5-3-6-12-21)20-26(24)37-29(27)31-28(33)23-15-9-10-16-25(23)36-22-13-7-4-8-14-22/h3-16H,2,17-20H2,1H3,(H,31,33). The Labute approximate surface area is 220 Å². The fourth-order valence-electron chi connectivity index (χ4n) is 4.47. The molecular weight excluding hydrogens is 484 g/mol. The first kappa shape index (κ1) is 24.7. The van der Waals surface area contributed by atoms with Crippen LogP contribution in [0.15, 0.2) is 84.9 Å². The van der Waals surface area contributed by atoms with E-state index in [0.717, 1.165) is 30.0 Å². The van der Waals surface area contributed by atoms with Crippen LogP contribution in [0.5, 0.6) is 11.5 Å². The second-order valence-electron chi connectivity index (χ2n) is 8.74. The Morgan fingerprint density at radius 1 is 0.946 bits per heavy atom. The van der Waals surface area contributed by atoms with Crippen LogP contribution in [-0.2, 0) is 24.2 Å². The number of hydrogen-bond donors (Lipinski definition) is 1. The van der Waals surface area contributed by atoms with E-state index in [1.54, 1.807) is 25.1 Å². The summed E-state index contributed by atoms with van der Waals surface area (Å²) in [6, 6.07) is 26.8. The minimum atomic E-state index is -0.402. The molecule has 4 aromatic rings. The normalized spacial score (nSPS) is 13.0. The van der Waals surface area contributed by atoms with E-state index in [1.165, 1.54) is 16.9 Å². The second-order valence-corrected chi connectivity index (χ2v) is 9.85. The van der Waals surface area contributed by atoms with Crippen LogP contribution in [0.4, 0.5) is 5.00 Å². The SMILES string of the molecule is CCOC(=O)c1c(NC(=O)c2ccccc2Oc2ccccc2)sc2c1CCN(Cc1ccccc1)C2. The van der Waals surface area contributed by atoms with Crippen molar-refractivity contribution < 1.29 is 19.1 Å². The van der Waals surface area contributed by atoms with Crippen LogP contribution in [0.3, 0.4) is 0 Å². The van der Waals surface area contributed by atoms with Gasteiger partial charge in [-0.1, -0.05) is 60.7 Å². The summed E-state index contributed by atoms with van der Waals surface area (Å²) in [4.78, 5) is 29.9. The monoisotopic (exact) mass is 512 g/mol. The third kappa shape index (κ3) is 5.74. The fraction of sp³-hybridized carbons (Fsp3) is 0.200. The molecule has 3 aromatic carbocycles. The predicted octanol–water partition coefficient (Wildman–Crippen LogP) is 6.53. The molecule has 0 atom stereocenters. The van der Waals surface area contributed by atoms with E-state index in [-0.39, 0.29) is 12.5 Å². The predicted molar refractivity (Wildman–Crippen MR) is 145 cm³/mol. The number of amides is 1. The Morgan fingerprint density at radius 2 is 1.65 bits per heavy atom. The fourth-order valence-corrected chi connectivity index (χ4v) is 5.74. The maximum Gasteiger partial charge on any atom is 0.341 e. The van der Waals surface area contributed by atoms with E-state index in [4.69, 9.17) is 9.47 Å². The molecule has 1 aromatic heterocycles. The molecule has 6 nitrogen and oxygen atoms in total. The van der Waals surface area contributed by atoms with Gasteiger partial charge in [-0.25, -0.2) is 4.79 Å². The Morgan fingerprint density at radius 3 is 2.41 bits per heavy atom. The Bertz CT molecular complexity index is 1390. The highest BCUT2D eigenvalue weighted by Crippen LogP contribution is 2.38. The topological polar surface area (TPSA) is 67.9 Å². The second kappa shape index (κ2) is 11.4. The lowest BCUT2D eigenvalue weighted by Gasteiger charge is -2.27. The van der Waals surface area contributed by atoms with E-state index in [1.807, 2.05) is 54.6 Å². The highest BCUT2D eigenvalue weighted by molar-refractivity contribution is 7.17. The highest BCUT2D eigenvalue weighted by atomic mass is 32.1. The van der Waals surface area contributed by atoms with Crippen molar-refractivity contribution >= 4 is 28.2 Å². The average molecular weight is 513 g/mol. The zero-order valence-corrected chi connectivity index (χ0v) is 21.4. The number of carbonyl (C=O) groups is 2. The van der Waals surface area contributed by atoms with Crippen molar-refractivity contribution in [3.8, 4) is 11.5 Å². The van der Waals surface area contributed by atoms with Gasteiger partial charge < -0.3 is 14.8 Å². The summed E-state index contributed by atoms with van der Waals surface area (Å²) in [5, 5.41) is 3.51. The first-order chi connectivity index (χ1) is 18.1. The van der Waals surface area contributed by atoms with Gasteiger partial charge in [-0.15, -0.1) is 11.3 Å². The Hall–Kier alpha value is -3.94. The van der Waals surface area contributed by atoms with Crippen LogP contribution < -0.4 is 10.1 Å². The molecule has 0 saturated carbocycles. The highest BCUT2D eigenvalue weighted by Gasteiger charge is 2.30. The number of nitrogens with one attached hydrogen (secondary N) is 1. The zero-order chi connectivity index (χ0) is 25.6. The number of benzene rings is 3. The number of rotatable bonds is 8. The number of nitrogens with zero attached hydrogens (tertiary/aromatic N) is 1. The van der Waals surface area contributed by atoms with Crippen molar-refractivity contribution in [1.29, 1.82) is 0 Å². The van der Waals surface area contributed by atoms with Gasteiger partial charge in [0.25, 0.3) is 5.91 Å². The van der Waals surface area contributed by atoms with Crippen LogP contribution in [-0.4, -0.2) is 29.9 Å². The van der Waals surface area contributed by atoms with Crippen molar-refractivity contribution in [2.24, 2.45) is 0 Å². The summed E-state index contributed by atoms with van der Waals surface area (Å²) < 4.78 is 11.4. The maximum absolute atomic E-state index is 13.4. The van der Waals surface area contributed by atoms with Crippen LogP contribution in [0.2, 0.25) is 0 Å². The van der Waals surface area contributed by atoms with E-state index in [2.05, 4.69) is 22.3 Å². The van der Waals surface area contributed by atoms with Crippen molar-refractivity contribution in [2.75, 3.05) is 18.5 Å².